The summed E-state index contributed by atoms with van der Waals surface area (Å²) in [6.45, 7) is 5.24. The fourth-order valence-electron chi connectivity index (χ4n) is 2.41. The third kappa shape index (κ3) is 6.72. The van der Waals surface area contributed by atoms with E-state index in [1.165, 1.54) is 0 Å². The number of aliphatic carboxylic acids is 1. The molecule has 1 rings (SSSR count). The molecule has 0 bridgehead atoms. The molecule has 122 valence electrons. The van der Waals surface area contributed by atoms with Gasteiger partial charge in [0.2, 0.25) is 0 Å². The van der Waals surface area contributed by atoms with Crippen molar-refractivity contribution in [1.82, 2.24) is 4.90 Å². The molecule has 0 fully saturated rings. The van der Waals surface area contributed by atoms with E-state index in [2.05, 4.69) is 4.90 Å². The molecule has 5 heteroatoms. The van der Waals surface area contributed by atoms with Gasteiger partial charge in [-0.15, -0.1) is 0 Å². The van der Waals surface area contributed by atoms with Gasteiger partial charge in [0.15, 0.2) is 0 Å². The zero-order valence-corrected chi connectivity index (χ0v) is 13.3. The Balaban J connectivity index is 2.74. The predicted molar refractivity (Wildman–Crippen MR) is 84.4 cm³/mol. The Bertz CT molecular complexity index is 461. The summed E-state index contributed by atoms with van der Waals surface area (Å²) in [4.78, 5) is 24.7. The standard InChI is InChI=1S/C17H25NO4/c1-3-15(12-16(19)20)18(11-10-17(21)22-4-2)13-14-8-6-5-7-9-14/h5-9,15H,3-4,10-13H2,1-2H3,(H,19,20). The van der Waals surface area contributed by atoms with Crippen LogP contribution in [-0.4, -0.2) is 41.1 Å². The summed E-state index contributed by atoms with van der Waals surface area (Å²) in [5.74, 6) is -1.06. The van der Waals surface area contributed by atoms with Crippen LogP contribution in [0.25, 0.3) is 0 Å². The van der Waals surface area contributed by atoms with Gasteiger partial charge in [-0.3, -0.25) is 14.5 Å². The van der Waals surface area contributed by atoms with Crippen LogP contribution < -0.4 is 0 Å². The van der Waals surface area contributed by atoms with Crippen molar-refractivity contribution in [3.63, 3.8) is 0 Å². The van der Waals surface area contributed by atoms with Crippen LogP contribution in [0.15, 0.2) is 30.3 Å². The minimum atomic E-state index is -0.818. The van der Waals surface area contributed by atoms with Gasteiger partial charge < -0.3 is 9.84 Å². The summed E-state index contributed by atoms with van der Waals surface area (Å²) in [6, 6.07) is 9.78. The summed E-state index contributed by atoms with van der Waals surface area (Å²) >= 11 is 0. The molecule has 1 aromatic carbocycles. The maximum atomic E-state index is 11.6. The molecule has 0 heterocycles. The molecular formula is C17H25NO4. The van der Waals surface area contributed by atoms with Gasteiger partial charge in [-0.25, -0.2) is 0 Å². The van der Waals surface area contributed by atoms with Crippen molar-refractivity contribution < 1.29 is 19.4 Å². The first-order chi connectivity index (χ1) is 10.6. The summed E-state index contributed by atoms with van der Waals surface area (Å²) < 4.78 is 4.96. The molecular weight excluding hydrogens is 282 g/mol. The molecule has 22 heavy (non-hydrogen) atoms. The van der Waals surface area contributed by atoms with Gasteiger partial charge in [0.05, 0.1) is 19.4 Å². The van der Waals surface area contributed by atoms with Crippen molar-refractivity contribution in [2.45, 2.75) is 45.7 Å². The normalized spacial score (nSPS) is 12.1. The molecule has 0 saturated carbocycles. The Morgan fingerprint density at radius 3 is 2.45 bits per heavy atom. The Kier molecular flexibility index (Phi) is 8.22. The molecule has 0 amide bonds. The van der Waals surface area contributed by atoms with Crippen molar-refractivity contribution in [1.29, 1.82) is 0 Å². The number of rotatable bonds is 10. The highest BCUT2D eigenvalue weighted by Crippen LogP contribution is 2.15. The number of carboxylic acids is 1. The number of carbonyl (C=O) groups excluding carboxylic acids is 1. The number of benzene rings is 1. The van der Waals surface area contributed by atoms with Crippen LogP contribution in [-0.2, 0) is 20.9 Å². The highest BCUT2D eigenvalue weighted by atomic mass is 16.5. The first-order valence-electron chi connectivity index (χ1n) is 7.72. The number of nitrogens with zero attached hydrogens (tertiary/aromatic N) is 1. The van der Waals surface area contributed by atoms with Gasteiger partial charge in [-0.05, 0) is 18.9 Å². The van der Waals surface area contributed by atoms with E-state index in [1.54, 1.807) is 6.92 Å². The second-order valence-electron chi connectivity index (χ2n) is 5.17. The minimum Gasteiger partial charge on any atom is -0.481 e. The van der Waals surface area contributed by atoms with Crippen LogP contribution in [0.3, 0.4) is 0 Å². The van der Waals surface area contributed by atoms with Crippen molar-refractivity contribution in [2.75, 3.05) is 13.2 Å². The number of ether oxygens (including phenoxy) is 1. The third-order valence-corrected chi connectivity index (χ3v) is 3.53. The second kappa shape index (κ2) is 9.95. The lowest BCUT2D eigenvalue weighted by atomic mass is 10.1. The molecule has 0 spiro atoms. The van der Waals surface area contributed by atoms with E-state index in [1.807, 2.05) is 37.3 Å². The first kappa shape index (κ1) is 18.2. The summed E-state index contributed by atoms with van der Waals surface area (Å²) in [6.07, 6.45) is 1.07. The highest BCUT2D eigenvalue weighted by Gasteiger charge is 2.21. The molecule has 1 aromatic rings. The fraction of sp³-hybridized carbons (Fsp3) is 0.529. The predicted octanol–water partition coefficient (Wildman–Crippen LogP) is 2.70. The minimum absolute atomic E-state index is 0.0756. The zero-order chi connectivity index (χ0) is 16.4. The van der Waals surface area contributed by atoms with E-state index >= 15 is 0 Å². The number of hydrogen-bond acceptors (Lipinski definition) is 4. The Hall–Kier alpha value is -1.88. The average Bonchev–Trinajstić information content (AvgIpc) is 2.50. The molecule has 5 nitrogen and oxygen atoms in total. The Morgan fingerprint density at radius 1 is 1.23 bits per heavy atom. The molecule has 1 atom stereocenters. The maximum absolute atomic E-state index is 11.6. The quantitative estimate of drug-likeness (QED) is 0.673. The van der Waals surface area contributed by atoms with Crippen molar-refractivity contribution >= 4 is 11.9 Å². The topological polar surface area (TPSA) is 66.8 Å². The van der Waals surface area contributed by atoms with E-state index in [4.69, 9.17) is 9.84 Å². The number of hydrogen-bond donors (Lipinski definition) is 1. The first-order valence-corrected chi connectivity index (χ1v) is 7.72. The molecule has 0 aromatic heterocycles. The zero-order valence-electron chi connectivity index (χ0n) is 13.3. The van der Waals surface area contributed by atoms with Crippen LogP contribution in [0.4, 0.5) is 0 Å². The average molecular weight is 307 g/mol. The SMILES string of the molecule is CCOC(=O)CCN(Cc1ccccc1)C(CC)CC(=O)O. The fourth-order valence-corrected chi connectivity index (χ4v) is 2.41. The van der Waals surface area contributed by atoms with Crippen molar-refractivity contribution in [3.8, 4) is 0 Å². The summed E-state index contributed by atoms with van der Waals surface area (Å²) in [7, 11) is 0. The van der Waals surface area contributed by atoms with Crippen LogP contribution in [0.2, 0.25) is 0 Å². The lowest BCUT2D eigenvalue weighted by molar-refractivity contribution is -0.143. The second-order valence-corrected chi connectivity index (χ2v) is 5.17. The lowest BCUT2D eigenvalue weighted by Gasteiger charge is -2.30. The van der Waals surface area contributed by atoms with E-state index in [0.29, 0.717) is 19.7 Å². The molecule has 0 aliphatic rings. The largest absolute Gasteiger partial charge is 0.481 e. The summed E-state index contributed by atoms with van der Waals surface area (Å²) in [5.41, 5.74) is 1.11. The third-order valence-electron chi connectivity index (χ3n) is 3.53. The van der Waals surface area contributed by atoms with E-state index in [-0.39, 0.29) is 24.9 Å². The Morgan fingerprint density at radius 2 is 1.91 bits per heavy atom. The summed E-state index contributed by atoms with van der Waals surface area (Å²) in [5, 5.41) is 9.07. The van der Waals surface area contributed by atoms with Gasteiger partial charge >= 0.3 is 11.9 Å². The maximum Gasteiger partial charge on any atom is 0.307 e. The van der Waals surface area contributed by atoms with Gasteiger partial charge in [0, 0.05) is 19.1 Å². The molecule has 1 unspecified atom stereocenters. The number of esters is 1. The molecule has 0 saturated heterocycles. The van der Waals surface area contributed by atoms with Crippen LogP contribution in [0, 0.1) is 0 Å². The van der Waals surface area contributed by atoms with Gasteiger partial charge in [-0.1, -0.05) is 37.3 Å². The lowest BCUT2D eigenvalue weighted by Crippen LogP contribution is -2.37. The van der Waals surface area contributed by atoms with Crippen LogP contribution in [0.1, 0.15) is 38.7 Å². The Labute approximate surface area is 131 Å². The molecule has 1 N–H and O–H groups in total. The van der Waals surface area contributed by atoms with Gasteiger partial charge in [0.25, 0.3) is 0 Å². The van der Waals surface area contributed by atoms with Gasteiger partial charge in [-0.2, -0.15) is 0 Å². The molecule has 0 radical (unpaired) electrons. The van der Waals surface area contributed by atoms with Crippen molar-refractivity contribution in [2.24, 2.45) is 0 Å². The smallest absolute Gasteiger partial charge is 0.307 e. The van der Waals surface area contributed by atoms with E-state index in [0.717, 1.165) is 12.0 Å². The molecule has 0 aliphatic heterocycles. The number of carbonyl (C=O) groups is 2. The van der Waals surface area contributed by atoms with Crippen LogP contribution >= 0.6 is 0 Å². The van der Waals surface area contributed by atoms with Crippen LogP contribution in [0.5, 0.6) is 0 Å². The van der Waals surface area contributed by atoms with Gasteiger partial charge in [0.1, 0.15) is 0 Å². The number of carboxylic acid groups (broad SMARTS) is 1. The molecule has 0 aliphatic carbocycles. The van der Waals surface area contributed by atoms with Crippen molar-refractivity contribution in [3.05, 3.63) is 35.9 Å². The highest BCUT2D eigenvalue weighted by molar-refractivity contribution is 5.69. The van der Waals surface area contributed by atoms with E-state index in [9.17, 15) is 9.59 Å². The van der Waals surface area contributed by atoms with E-state index < -0.39 is 5.97 Å². The monoisotopic (exact) mass is 307 g/mol.